The average Bonchev–Trinajstić information content (AvgIpc) is 2.90. The first-order chi connectivity index (χ1) is 11.7. The number of likely N-dealkylation sites (tertiary alicyclic amines) is 1. The number of H-pyrrole nitrogens is 1. The largest absolute Gasteiger partial charge is 0.481 e. The lowest BCUT2D eigenvalue weighted by molar-refractivity contribution is -0.139. The highest BCUT2D eigenvalue weighted by Gasteiger charge is 2.35. The first kappa shape index (κ1) is 15.6. The molecule has 1 saturated carbocycles. The van der Waals surface area contributed by atoms with Crippen LogP contribution in [-0.2, 0) is 11.2 Å². The summed E-state index contributed by atoms with van der Waals surface area (Å²) in [6, 6.07) is 2.63. The Morgan fingerprint density at radius 2 is 2.21 bits per heavy atom. The van der Waals surface area contributed by atoms with E-state index in [9.17, 15) is 9.90 Å². The number of carboxylic acid groups (broad SMARTS) is 1. The van der Waals surface area contributed by atoms with Crippen molar-refractivity contribution in [2.45, 2.75) is 44.6 Å². The van der Waals surface area contributed by atoms with Gasteiger partial charge in [-0.2, -0.15) is 0 Å². The normalized spacial score (nSPS) is 25.7. The Kier molecular flexibility index (Phi) is 4.22. The zero-order valence-corrected chi connectivity index (χ0v) is 13.8. The lowest BCUT2D eigenvalue weighted by Crippen LogP contribution is -2.49. The minimum atomic E-state index is -0.684. The number of aromatic amines is 1. The molecule has 2 aliphatic rings. The third-order valence-electron chi connectivity index (χ3n) is 5.74. The predicted octanol–water partition coefficient (Wildman–Crippen LogP) is 2.47. The summed E-state index contributed by atoms with van der Waals surface area (Å²) in [6.45, 7) is 2.04. The number of fused-ring (bicyclic) bond motifs is 1. The molecule has 1 saturated heterocycles. The Morgan fingerprint density at radius 3 is 2.92 bits per heavy atom. The van der Waals surface area contributed by atoms with Gasteiger partial charge in [0.25, 0.3) is 0 Å². The molecule has 0 spiro atoms. The summed E-state index contributed by atoms with van der Waals surface area (Å²) in [7, 11) is 0. The highest BCUT2D eigenvalue weighted by atomic mass is 16.4. The summed E-state index contributed by atoms with van der Waals surface area (Å²) >= 11 is 0. The number of nitrogens with one attached hydrogen (secondary N) is 1. The Balaban J connectivity index is 1.51. The van der Waals surface area contributed by atoms with Crippen LogP contribution in [0.1, 0.15) is 37.9 Å². The van der Waals surface area contributed by atoms with Gasteiger partial charge in [0.05, 0.1) is 17.2 Å². The standard InChI is InChI=1S/C18H24N4O2/c23-18(24)9-12-5-7-22(14-2-1-3-14)11-13(12)8-17-20-15-4-6-19-10-16(15)21-17/h4,6,10,12-14H,1-3,5,7-9,11H2,(H,20,21)(H,23,24). The van der Waals surface area contributed by atoms with Gasteiger partial charge in [-0.05, 0) is 43.7 Å². The molecule has 6 heteroatoms. The molecule has 0 amide bonds. The molecule has 0 aromatic carbocycles. The van der Waals surface area contributed by atoms with Crippen molar-refractivity contribution in [3.8, 4) is 0 Å². The van der Waals surface area contributed by atoms with E-state index in [0.717, 1.165) is 48.8 Å². The van der Waals surface area contributed by atoms with Crippen LogP contribution in [0.15, 0.2) is 18.5 Å². The molecule has 1 aliphatic heterocycles. The van der Waals surface area contributed by atoms with Gasteiger partial charge in [-0.3, -0.25) is 9.78 Å². The van der Waals surface area contributed by atoms with Crippen molar-refractivity contribution in [3.63, 3.8) is 0 Å². The van der Waals surface area contributed by atoms with Crippen LogP contribution in [-0.4, -0.2) is 50.1 Å². The van der Waals surface area contributed by atoms with Crippen LogP contribution in [0.4, 0.5) is 0 Å². The maximum Gasteiger partial charge on any atom is 0.303 e. The number of piperidine rings is 1. The monoisotopic (exact) mass is 328 g/mol. The number of rotatable bonds is 5. The smallest absolute Gasteiger partial charge is 0.303 e. The number of carbonyl (C=O) groups is 1. The molecule has 2 atom stereocenters. The molecule has 2 unspecified atom stereocenters. The third-order valence-corrected chi connectivity index (χ3v) is 5.74. The van der Waals surface area contributed by atoms with E-state index in [1.54, 1.807) is 12.4 Å². The number of imidazole rings is 1. The van der Waals surface area contributed by atoms with Crippen LogP contribution >= 0.6 is 0 Å². The van der Waals surface area contributed by atoms with Crippen LogP contribution in [0.25, 0.3) is 11.0 Å². The van der Waals surface area contributed by atoms with Gasteiger partial charge in [0, 0.05) is 31.6 Å². The lowest BCUT2D eigenvalue weighted by atomic mass is 9.79. The molecule has 24 heavy (non-hydrogen) atoms. The number of hydrogen-bond acceptors (Lipinski definition) is 4. The van der Waals surface area contributed by atoms with Crippen LogP contribution in [0.3, 0.4) is 0 Å². The first-order valence-electron chi connectivity index (χ1n) is 8.93. The summed E-state index contributed by atoms with van der Waals surface area (Å²) in [5.41, 5.74) is 1.88. The molecular formula is C18H24N4O2. The van der Waals surface area contributed by atoms with Crippen molar-refractivity contribution >= 4 is 17.0 Å². The molecule has 128 valence electrons. The molecule has 0 radical (unpaired) electrons. The van der Waals surface area contributed by atoms with Crippen molar-refractivity contribution < 1.29 is 9.90 Å². The van der Waals surface area contributed by atoms with E-state index in [1.807, 2.05) is 6.07 Å². The summed E-state index contributed by atoms with van der Waals surface area (Å²) in [5.74, 6) is 0.860. The third kappa shape index (κ3) is 3.15. The minimum absolute atomic E-state index is 0.241. The second kappa shape index (κ2) is 6.51. The summed E-state index contributed by atoms with van der Waals surface area (Å²) in [6.07, 6.45) is 9.54. The summed E-state index contributed by atoms with van der Waals surface area (Å²) in [4.78, 5) is 26.0. The number of aliphatic carboxylic acids is 1. The van der Waals surface area contributed by atoms with E-state index in [1.165, 1.54) is 19.3 Å². The van der Waals surface area contributed by atoms with Gasteiger partial charge in [-0.1, -0.05) is 6.42 Å². The summed E-state index contributed by atoms with van der Waals surface area (Å²) < 4.78 is 0. The first-order valence-corrected chi connectivity index (χ1v) is 8.93. The Labute approximate surface area is 141 Å². The second-order valence-electron chi connectivity index (χ2n) is 7.27. The van der Waals surface area contributed by atoms with Crippen molar-refractivity contribution in [2.24, 2.45) is 11.8 Å². The highest BCUT2D eigenvalue weighted by Crippen LogP contribution is 2.34. The molecule has 4 rings (SSSR count). The van der Waals surface area contributed by atoms with E-state index in [2.05, 4.69) is 19.9 Å². The van der Waals surface area contributed by atoms with E-state index in [0.29, 0.717) is 5.92 Å². The van der Waals surface area contributed by atoms with E-state index >= 15 is 0 Å². The topological polar surface area (TPSA) is 82.1 Å². The van der Waals surface area contributed by atoms with Gasteiger partial charge < -0.3 is 15.0 Å². The number of hydrogen-bond donors (Lipinski definition) is 2. The average molecular weight is 328 g/mol. The van der Waals surface area contributed by atoms with Gasteiger partial charge in [0.1, 0.15) is 5.82 Å². The molecule has 2 N–H and O–H groups in total. The van der Waals surface area contributed by atoms with Crippen LogP contribution in [0.5, 0.6) is 0 Å². The SMILES string of the molecule is O=C(O)CC1CCN(C2CCC2)CC1Cc1nc2ccncc2[nH]1. The number of carboxylic acids is 1. The van der Waals surface area contributed by atoms with Crippen molar-refractivity contribution in [1.29, 1.82) is 0 Å². The second-order valence-corrected chi connectivity index (χ2v) is 7.27. The van der Waals surface area contributed by atoms with Crippen LogP contribution < -0.4 is 0 Å². The fraction of sp³-hybridized carbons (Fsp3) is 0.611. The van der Waals surface area contributed by atoms with E-state index in [-0.39, 0.29) is 12.3 Å². The van der Waals surface area contributed by atoms with Crippen molar-refractivity contribution in [2.75, 3.05) is 13.1 Å². The maximum atomic E-state index is 11.2. The van der Waals surface area contributed by atoms with Gasteiger partial charge >= 0.3 is 5.97 Å². The zero-order chi connectivity index (χ0) is 16.5. The van der Waals surface area contributed by atoms with Crippen molar-refractivity contribution in [3.05, 3.63) is 24.3 Å². The Bertz CT molecular complexity index is 692. The number of aromatic nitrogens is 3. The maximum absolute atomic E-state index is 11.2. The molecular weight excluding hydrogens is 304 g/mol. The molecule has 2 aromatic rings. The molecule has 1 aliphatic carbocycles. The van der Waals surface area contributed by atoms with Gasteiger partial charge in [0.15, 0.2) is 0 Å². The Morgan fingerprint density at radius 1 is 1.33 bits per heavy atom. The van der Waals surface area contributed by atoms with Crippen molar-refractivity contribution in [1.82, 2.24) is 19.9 Å². The molecule has 0 bridgehead atoms. The van der Waals surface area contributed by atoms with Gasteiger partial charge in [0.2, 0.25) is 0 Å². The van der Waals surface area contributed by atoms with Crippen LogP contribution in [0, 0.1) is 11.8 Å². The molecule has 6 nitrogen and oxygen atoms in total. The van der Waals surface area contributed by atoms with Gasteiger partial charge in [-0.15, -0.1) is 0 Å². The fourth-order valence-electron chi connectivity index (χ4n) is 4.17. The minimum Gasteiger partial charge on any atom is -0.481 e. The number of pyridine rings is 1. The predicted molar refractivity (Wildman–Crippen MR) is 90.7 cm³/mol. The molecule has 2 fully saturated rings. The summed E-state index contributed by atoms with van der Waals surface area (Å²) in [5, 5.41) is 9.25. The molecule has 3 heterocycles. The van der Waals surface area contributed by atoms with E-state index < -0.39 is 5.97 Å². The lowest BCUT2D eigenvalue weighted by Gasteiger charge is -2.45. The van der Waals surface area contributed by atoms with E-state index in [4.69, 9.17) is 0 Å². The quantitative estimate of drug-likeness (QED) is 0.881. The van der Waals surface area contributed by atoms with Crippen LogP contribution in [0.2, 0.25) is 0 Å². The number of nitrogens with zero attached hydrogens (tertiary/aromatic N) is 3. The Hall–Kier alpha value is -1.95. The zero-order valence-electron chi connectivity index (χ0n) is 13.8. The highest BCUT2D eigenvalue weighted by molar-refractivity contribution is 5.73. The fourth-order valence-corrected chi connectivity index (χ4v) is 4.17. The molecule has 2 aromatic heterocycles. The van der Waals surface area contributed by atoms with Gasteiger partial charge in [-0.25, -0.2) is 4.98 Å².